The van der Waals surface area contributed by atoms with Crippen molar-refractivity contribution in [2.24, 2.45) is 0 Å². The molecule has 0 N–H and O–H groups in total. The van der Waals surface area contributed by atoms with Gasteiger partial charge in [-0.15, -0.1) is 0 Å². The Morgan fingerprint density at radius 3 is 1.75 bits per heavy atom. The van der Waals surface area contributed by atoms with E-state index in [0.29, 0.717) is 11.4 Å². The lowest BCUT2D eigenvalue weighted by Gasteiger charge is -2.39. The highest BCUT2D eigenvalue weighted by Crippen LogP contribution is 2.25. The van der Waals surface area contributed by atoms with Crippen LogP contribution in [0.15, 0.2) is 83.9 Å². The number of para-hydroxylation sites is 1. The summed E-state index contributed by atoms with van der Waals surface area (Å²) in [7, 11) is 0. The first-order chi connectivity index (χ1) is 23.0. The normalized spacial score (nSPS) is 13.5. The van der Waals surface area contributed by atoms with Crippen LogP contribution in [-0.2, 0) is 19.4 Å². The van der Waals surface area contributed by atoms with Crippen LogP contribution in [-0.4, -0.2) is 49.9 Å². The first kappa shape index (κ1) is 42.3. The van der Waals surface area contributed by atoms with Crippen molar-refractivity contribution in [2.45, 2.75) is 127 Å². The zero-order valence-corrected chi connectivity index (χ0v) is 32.3. The van der Waals surface area contributed by atoms with Crippen molar-refractivity contribution in [1.29, 1.82) is 0 Å². The second-order valence-corrected chi connectivity index (χ2v) is 12.7. The summed E-state index contributed by atoms with van der Waals surface area (Å²) >= 11 is 0. The van der Waals surface area contributed by atoms with Crippen molar-refractivity contribution >= 4 is 16.8 Å². The van der Waals surface area contributed by atoms with Crippen LogP contribution in [0.5, 0.6) is 0 Å². The number of nitrogens with zero attached hydrogens (tertiary/aromatic N) is 4. The number of carbonyl (C=O) groups is 1. The molecule has 0 atom stereocenters. The topological polar surface area (TPSA) is 58.4 Å². The lowest BCUT2D eigenvalue weighted by molar-refractivity contribution is 0.0562. The second kappa shape index (κ2) is 21.3. The van der Waals surface area contributed by atoms with Gasteiger partial charge in [0, 0.05) is 42.8 Å². The van der Waals surface area contributed by atoms with E-state index in [2.05, 4.69) is 68.8 Å². The smallest absolute Gasteiger partial charge is 0.261 e. The molecule has 6 rings (SSSR count). The number of carbonyl (C=O) groups excluding carboxylic acids is 1. The largest absolute Gasteiger partial charge is 0.333 e. The highest BCUT2D eigenvalue weighted by molar-refractivity contribution is 5.97. The molecular weight excluding hydrogens is 592 g/mol. The Kier molecular flexibility index (Phi) is 18.7. The quantitative estimate of drug-likeness (QED) is 0.216. The highest BCUT2D eigenvalue weighted by atomic mass is 16.2. The fraction of sp³-hybridized carbons (Fsp3) is 0.500. The Morgan fingerprint density at radius 2 is 1.17 bits per heavy atom. The van der Waals surface area contributed by atoms with Gasteiger partial charge < -0.3 is 4.90 Å². The molecule has 3 aromatic carbocycles. The molecule has 0 radical (unpaired) electrons. The average Bonchev–Trinajstić information content (AvgIpc) is 3.11. The molecule has 0 aliphatic carbocycles. The van der Waals surface area contributed by atoms with Crippen LogP contribution >= 0.6 is 0 Å². The number of fused-ring (bicyclic) bond motifs is 3. The molecule has 1 amide bonds. The van der Waals surface area contributed by atoms with Crippen LogP contribution in [0.25, 0.3) is 10.9 Å². The molecular formula is C42H64N4O2. The van der Waals surface area contributed by atoms with E-state index in [1.807, 2.05) is 109 Å². The minimum atomic E-state index is -0.0788. The van der Waals surface area contributed by atoms with Crippen LogP contribution in [0.2, 0.25) is 0 Å². The molecule has 4 aromatic rings. The van der Waals surface area contributed by atoms with Gasteiger partial charge in [-0.05, 0) is 96.2 Å². The molecule has 0 bridgehead atoms. The Bertz CT molecular complexity index is 1570. The van der Waals surface area contributed by atoms with E-state index < -0.39 is 0 Å². The average molecular weight is 657 g/mol. The first-order valence-corrected chi connectivity index (χ1v) is 18.1. The predicted octanol–water partition coefficient (Wildman–Crippen LogP) is 9.99. The van der Waals surface area contributed by atoms with Gasteiger partial charge in [-0.25, -0.2) is 4.98 Å². The van der Waals surface area contributed by atoms with Crippen LogP contribution in [0.3, 0.4) is 0 Å². The van der Waals surface area contributed by atoms with E-state index in [4.69, 9.17) is 0 Å². The van der Waals surface area contributed by atoms with Gasteiger partial charge >= 0.3 is 0 Å². The lowest BCUT2D eigenvalue weighted by atomic mass is 9.94. The molecule has 2 aliphatic rings. The van der Waals surface area contributed by atoms with Crippen molar-refractivity contribution in [2.75, 3.05) is 13.1 Å². The molecule has 1 aromatic heterocycles. The van der Waals surface area contributed by atoms with Gasteiger partial charge in [0.25, 0.3) is 11.5 Å². The van der Waals surface area contributed by atoms with Gasteiger partial charge in [0.05, 0.1) is 17.2 Å². The van der Waals surface area contributed by atoms with Gasteiger partial charge in [-0.1, -0.05) is 96.1 Å². The molecule has 2 aliphatic heterocycles. The molecule has 3 heterocycles. The SMILES string of the molecule is CC.CC.CC.CC(C)(C)N1CCc2ccccc2C1=O.CC(C)N1CCc2ccccc2C1.CC(C)n1cnc2ccccc2c1=O. The van der Waals surface area contributed by atoms with Crippen molar-refractivity contribution in [1.82, 2.24) is 19.4 Å². The summed E-state index contributed by atoms with van der Waals surface area (Å²) in [6.07, 6.45) is 3.79. The van der Waals surface area contributed by atoms with Gasteiger partial charge in [0.1, 0.15) is 0 Å². The summed E-state index contributed by atoms with van der Waals surface area (Å²) < 4.78 is 1.64. The Morgan fingerprint density at radius 1 is 0.646 bits per heavy atom. The minimum absolute atomic E-state index is 0.0330. The molecule has 48 heavy (non-hydrogen) atoms. The van der Waals surface area contributed by atoms with Crippen LogP contribution in [0.1, 0.15) is 123 Å². The summed E-state index contributed by atoms with van der Waals surface area (Å²) in [5.41, 5.74) is 5.83. The van der Waals surface area contributed by atoms with Gasteiger partial charge in [-0.3, -0.25) is 19.1 Å². The predicted molar refractivity (Wildman–Crippen MR) is 207 cm³/mol. The van der Waals surface area contributed by atoms with Gasteiger partial charge in [-0.2, -0.15) is 0 Å². The fourth-order valence-electron chi connectivity index (χ4n) is 5.48. The number of amides is 1. The second-order valence-electron chi connectivity index (χ2n) is 12.7. The summed E-state index contributed by atoms with van der Waals surface area (Å²) in [6, 6.07) is 24.9. The minimum Gasteiger partial charge on any atom is -0.333 e. The summed E-state index contributed by atoms with van der Waals surface area (Å²) in [6.45, 7) is 29.9. The number of benzene rings is 3. The van der Waals surface area contributed by atoms with E-state index in [0.717, 1.165) is 30.6 Å². The summed E-state index contributed by atoms with van der Waals surface area (Å²) in [4.78, 5) is 32.8. The van der Waals surface area contributed by atoms with Crippen LogP contribution in [0.4, 0.5) is 0 Å². The lowest BCUT2D eigenvalue weighted by Crippen LogP contribution is -2.49. The number of hydrogen-bond acceptors (Lipinski definition) is 4. The highest BCUT2D eigenvalue weighted by Gasteiger charge is 2.31. The van der Waals surface area contributed by atoms with E-state index >= 15 is 0 Å². The Balaban J connectivity index is 0.000000334. The number of rotatable bonds is 2. The van der Waals surface area contributed by atoms with Crippen molar-refractivity contribution in [3.8, 4) is 0 Å². The standard InChI is InChI=1S/C13H17NO.C12H17N.C11H12N2O.3C2H6/c1-13(2,3)14-9-8-10-6-4-5-7-11(10)12(14)15;1-10(2)13-8-7-11-5-3-4-6-12(11)9-13;1-8(2)13-7-12-10-6-4-3-5-9(10)11(13)14;3*1-2/h4-7H,8-9H2,1-3H3;3-6,10H,7-9H2,1-2H3;3-8H,1-2H3;3*1-2H3. The van der Waals surface area contributed by atoms with Crippen LogP contribution in [0, 0.1) is 0 Å². The third-order valence-corrected chi connectivity index (χ3v) is 8.04. The van der Waals surface area contributed by atoms with E-state index in [1.165, 1.54) is 24.1 Å². The fourth-order valence-corrected chi connectivity index (χ4v) is 5.48. The van der Waals surface area contributed by atoms with E-state index in [9.17, 15) is 9.59 Å². The monoisotopic (exact) mass is 657 g/mol. The van der Waals surface area contributed by atoms with E-state index in [-0.39, 0.29) is 23.0 Å². The maximum atomic E-state index is 12.2. The molecule has 0 saturated carbocycles. The maximum absolute atomic E-state index is 12.2. The van der Waals surface area contributed by atoms with Crippen LogP contribution < -0.4 is 5.56 Å². The van der Waals surface area contributed by atoms with Crippen molar-refractivity contribution < 1.29 is 4.79 Å². The Hall–Kier alpha value is -3.77. The maximum Gasteiger partial charge on any atom is 0.261 e. The summed E-state index contributed by atoms with van der Waals surface area (Å²) in [5.74, 6) is 0.171. The van der Waals surface area contributed by atoms with E-state index in [1.54, 1.807) is 16.5 Å². The molecule has 0 unspecified atom stereocenters. The summed E-state index contributed by atoms with van der Waals surface area (Å²) in [5, 5.41) is 0.684. The zero-order valence-electron chi connectivity index (χ0n) is 32.3. The Labute approximate surface area is 292 Å². The molecule has 0 fully saturated rings. The van der Waals surface area contributed by atoms with Gasteiger partial charge in [0.15, 0.2) is 0 Å². The zero-order chi connectivity index (χ0) is 36.4. The number of aromatic nitrogens is 2. The van der Waals surface area contributed by atoms with Crippen molar-refractivity contribution in [3.05, 3.63) is 112 Å². The molecule has 6 nitrogen and oxygen atoms in total. The molecule has 264 valence electrons. The molecule has 6 heteroatoms. The van der Waals surface area contributed by atoms with Crippen molar-refractivity contribution in [3.63, 3.8) is 0 Å². The first-order valence-electron chi connectivity index (χ1n) is 18.1. The van der Waals surface area contributed by atoms with Gasteiger partial charge in [0.2, 0.25) is 0 Å². The molecule has 0 saturated heterocycles. The number of hydrogen-bond donors (Lipinski definition) is 0. The third-order valence-electron chi connectivity index (χ3n) is 8.04. The molecule has 0 spiro atoms. The third kappa shape index (κ3) is 11.7.